The van der Waals surface area contributed by atoms with Crippen molar-refractivity contribution in [2.24, 2.45) is 0 Å². The van der Waals surface area contributed by atoms with Gasteiger partial charge in [0.15, 0.2) is 0 Å². The van der Waals surface area contributed by atoms with Crippen molar-refractivity contribution in [3.63, 3.8) is 0 Å². The maximum atomic E-state index is 11.8. The van der Waals surface area contributed by atoms with E-state index in [1.807, 2.05) is 0 Å². The minimum absolute atomic E-state index is 0.108. The molecule has 24 heavy (non-hydrogen) atoms. The summed E-state index contributed by atoms with van der Waals surface area (Å²) < 4.78 is 9.74. The van der Waals surface area contributed by atoms with Gasteiger partial charge in [0.1, 0.15) is 5.76 Å². The normalized spacial score (nSPS) is 10.5. The van der Waals surface area contributed by atoms with Gasteiger partial charge in [-0.3, -0.25) is 25.0 Å². The van der Waals surface area contributed by atoms with Crippen molar-refractivity contribution >= 4 is 29.0 Å². The van der Waals surface area contributed by atoms with Crippen LogP contribution in [0.1, 0.15) is 5.76 Å². The van der Waals surface area contributed by atoms with Gasteiger partial charge in [-0.15, -0.1) is 0 Å². The van der Waals surface area contributed by atoms with E-state index in [2.05, 4.69) is 5.32 Å². The van der Waals surface area contributed by atoms with Crippen molar-refractivity contribution in [3.05, 3.63) is 62.6 Å². The molecule has 0 fully saturated rings. The van der Waals surface area contributed by atoms with Crippen LogP contribution in [-0.4, -0.2) is 22.9 Å². The van der Waals surface area contributed by atoms with E-state index in [-0.39, 0.29) is 5.69 Å². The van der Waals surface area contributed by atoms with Gasteiger partial charge in [-0.1, -0.05) is 0 Å². The van der Waals surface area contributed by atoms with Crippen molar-refractivity contribution in [2.45, 2.75) is 0 Å². The Morgan fingerprint density at radius 3 is 2.33 bits per heavy atom. The maximum absolute atomic E-state index is 11.8. The van der Waals surface area contributed by atoms with Crippen LogP contribution in [0.3, 0.4) is 0 Å². The first kappa shape index (κ1) is 16.7. The van der Waals surface area contributed by atoms with E-state index in [1.54, 1.807) is 12.1 Å². The second-order valence-electron chi connectivity index (χ2n) is 4.40. The Morgan fingerprint density at radius 2 is 1.88 bits per heavy atom. The largest absolute Gasteiger partial charge is 0.485 e. The third-order valence-corrected chi connectivity index (χ3v) is 2.86. The smallest absolute Gasteiger partial charge is 0.320 e. The van der Waals surface area contributed by atoms with E-state index in [0.717, 1.165) is 25.3 Å². The SMILES string of the molecule is COc1c([N+](=O)[O-])cc(NC(=O)C=Cc2ccco2)cc1[N+](=O)[O-]. The summed E-state index contributed by atoms with van der Waals surface area (Å²) in [7, 11) is 1.08. The summed E-state index contributed by atoms with van der Waals surface area (Å²) >= 11 is 0. The summed E-state index contributed by atoms with van der Waals surface area (Å²) in [6.07, 6.45) is 3.93. The Labute approximate surface area is 134 Å². The predicted molar refractivity (Wildman–Crippen MR) is 82.7 cm³/mol. The zero-order valence-electron chi connectivity index (χ0n) is 12.3. The number of hydrogen-bond donors (Lipinski definition) is 1. The van der Waals surface area contributed by atoms with Gasteiger partial charge in [-0.05, 0) is 18.2 Å². The van der Waals surface area contributed by atoms with Crippen LogP contribution in [0.4, 0.5) is 17.1 Å². The van der Waals surface area contributed by atoms with E-state index in [9.17, 15) is 25.0 Å². The molecule has 1 N–H and O–H groups in total. The third-order valence-electron chi connectivity index (χ3n) is 2.86. The molecule has 124 valence electrons. The number of nitrogens with one attached hydrogen (secondary N) is 1. The van der Waals surface area contributed by atoms with E-state index in [0.29, 0.717) is 5.76 Å². The average Bonchev–Trinajstić information content (AvgIpc) is 3.05. The molecule has 0 bridgehead atoms. The minimum Gasteiger partial charge on any atom is -0.485 e. The molecule has 10 heteroatoms. The number of nitro benzene ring substituents is 2. The van der Waals surface area contributed by atoms with Crippen molar-refractivity contribution in [1.82, 2.24) is 0 Å². The molecule has 0 atom stereocenters. The number of nitro groups is 2. The zero-order chi connectivity index (χ0) is 17.7. The molecule has 0 saturated carbocycles. The number of amides is 1. The van der Waals surface area contributed by atoms with Crippen LogP contribution in [0.2, 0.25) is 0 Å². The van der Waals surface area contributed by atoms with Crippen molar-refractivity contribution in [1.29, 1.82) is 0 Å². The molecule has 1 aromatic carbocycles. The van der Waals surface area contributed by atoms with Crippen LogP contribution in [0, 0.1) is 20.2 Å². The molecular weight excluding hydrogens is 322 g/mol. The Morgan fingerprint density at radius 1 is 1.25 bits per heavy atom. The van der Waals surface area contributed by atoms with Gasteiger partial charge in [0.05, 0.1) is 28.9 Å². The molecule has 0 unspecified atom stereocenters. The van der Waals surface area contributed by atoms with Gasteiger partial charge in [0.25, 0.3) is 5.75 Å². The van der Waals surface area contributed by atoms with E-state index >= 15 is 0 Å². The molecule has 1 amide bonds. The highest BCUT2D eigenvalue weighted by Crippen LogP contribution is 2.39. The quantitative estimate of drug-likeness (QED) is 0.487. The molecule has 0 spiro atoms. The first-order valence-electron chi connectivity index (χ1n) is 6.45. The molecule has 2 rings (SSSR count). The Balaban J connectivity index is 2.31. The number of nitrogens with zero attached hydrogens (tertiary/aromatic N) is 2. The fourth-order valence-electron chi connectivity index (χ4n) is 1.88. The number of furan rings is 1. The molecule has 0 aliphatic carbocycles. The van der Waals surface area contributed by atoms with Gasteiger partial charge in [-0.25, -0.2) is 0 Å². The zero-order valence-corrected chi connectivity index (χ0v) is 12.3. The third kappa shape index (κ3) is 3.74. The fourth-order valence-corrected chi connectivity index (χ4v) is 1.88. The molecule has 0 aliphatic heterocycles. The van der Waals surface area contributed by atoms with Crippen LogP contribution in [0.25, 0.3) is 6.08 Å². The number of methoxy groups -OCH3 is 1. The van der Waals surface area contributed by atoms with Gasteiger partial charge >= 0.3 is 11.4 Å². The Kier molecular flexibility index (Phi) is 4.90. The lowest BCUT2D eigenvalue weighted by molar-refractivity contribution is -0.395. The first-order chi connectivity index (χ1) is 11.4. The van der Waals surface area contributed by atoms with Crippen molar-refractivity contribution in [2.75, 3.05) is 12.4 Å². The fraction of sp³-hybridized carbons (Fsp3) is 0.0714. The number of ether oxygens (including phenoxy) is 1. The average molecular weight is 333 g/mol. The molecule has 2 aromatic rings. The molecule has 10 nitrogen and oxygen atoms in total. The summed E-state index contributed by atoms with van der Waals surface area (Å²) in [5.74, 6) is -0.703. The van der Waals surface area contributed by atoms with Crippen molar-refractivity contribution in [3.8, 4) is 5.75 Å². The number of carbonyl (C=O) groups is 1. The lowest BCUT2D eigenvalue weighted by atomic mass is 10.2. The number of carbonyl (C=O) groups excluding carboxylic acids is 1. The highest BCUT2D eigenvalue weighted by atomic mass is 16.6. The lowest BCUT2D eigenvalue weighted by Crippen LogP contribution is -2.09. The van der Waals surface area contributed by atoms with Crippen LogP contribution in [-0.2, 0) is 4.79 Å². The van der Waals surface area contributed by atoms with E-state index in [1.165, 1.54) is 12.3 Å². The number of anilines is 1. The minimum atomic E-state index is -0.833. The monoisotopic (exact) mass is 333 g/mol. The second-order valence-corrected chi connectivity index (χ2v) is 4.40. The highest BCUT2D eigenvalue weighted by molar-refractivity contribution is 6.02. The maximum Gasteiger partial charge on any atom is 0.320 e. The van der Waals surface area contributed by atoms with Crippen LogP contribution < -0.4 is 10.1 Å². The number of hydrogen-bond acceptors (Lipinski definition) is 7. The first-order valence-corrected chi connectivity index (χ1v) is 6.45. The Bertz CT molecular complexity index is 777. The lowest BCUT2D eigenvalue weighted by Gasteiger charge is -2.06. The molecular formula is C14H11N3O7. The number of rotatable bonds is 6. The summed E-state index contributed by atoms with van der Waals surface area (Å²) in [6.45, 7) is 0. The summed E-state index contributed by atoms with van der Waals surface area (Å²) in [6, 6.07) is 5.20. The van der Waals surface area contributed by atoms with Crippen LogP contribution in [0.5, 0.6) is 5.75 Å². The van der Waals surface area contributed by atoms with Crippen LogP contribution in [0.15, 0.2) is 41.0 Å². The predicted octanol–water partition coefficient (Wildman–Crippen LogP) is 2.76. The topological polar surface area (TPSA) is 138 Å². The van der Waals surface area contributed by atoms with Crippen molar-refractivity contribution < 1.29 is 23.8 Å². The molecule has 0 saturated heterocycles. The summed E-state index contributed by atoms with van der Waals surface area (Å²) in [5, 5.41) is 24.4. The molecule has 1 heterocycles. The molecule has 0 aliphatic rings. The molecule has 0 radical (unpaired) electrons. The van der Waals surface area contributed by atoms with E-state index < -0.39 is 32.9 Å². The second kappa shape index (κ2) is 7.05. The van der Waals surface area contributed by atoms with Gasteiger partial charge in [0, 0.05) is 18.2 Å². The van der Waals surface area contributed by atoms with Crippen LogP contribution >= 0.6 is 0 Å². The number of benzene rings is 1. The standard InChI is InChI=1S/C14H11N3O7/c1-23-14-11(16(19)20)7-9(8-12(14)17(21)22)15-13(18)5-4-10-3-2-6-24-10/h2-8H,1H3,(H,15,18). The van der Waals surface area contributed by atoms with E-state index in [4.69, 9.17) is 9.15 Å². The highest BCUT2D eigenvalue weighted by Gasteiger charge is 2.28. The van der Waals surface area contributed by atoms with Gasteiger partial charge in [-0.2, -0.15) is 0 Å². The van der Waals surface area contributed by atoms with Gasteiger partial charge in [0.2, 0.25) is 5.91 Å². The molecule has 1 aromatic heterocycles. The summed E-state index contributed by atoms with van der Waals surface area (Å²) in [4.78, 5) is 32.2. The Hall–Kier alpha value is -3.69. The summed E-state index contributed by atoms with van der Waals surface area (Å²) in [5.41, 5.74) is -1.36. The van der Waals surface area contributed by atoms with Gasteiger partial charge < -0.3 is 14.5 Å².